The summed E-state index contributed by atoms with van der Waals surface area (Å²) in [5.74, 6) is 1.27. The minimum atomic E-state index is -0.446. The number of hydrogen-bond donors (Lipinski definition) is 2. The van der Waals surface area contributed by atoms with Gasteiger partial charge in [-0.05, 0) is 59.1 Å². The van der Waals surface area contributed by atoms with Crippen molar-refractivity contribution in [1.29, 1.82) is 0 Å². The molecule has 2 heterocycles. The number of carbonyl (C=O) groups is 1. The van der Waals surface area contributed by atoms with Crippen molar-refractivity contribution in [3.8, 4) is 5.75 Å². The lowest BCUT2D eigenvalue weighted by Crippen LogP contribution is -2.27. The van der Waals surface area contributed by atoms with Crippen LogP contribution in [0.15, 0.2) is 63.4 Å². The molecule has 4 rings (SSSR count). The zero-order chi connectivity index (χ0) is 21.4. The Morgan fingerprint density at radius 1 is 1.33 bits per heavy atom. The van der Waals surface area contributed by atoms with Crippen LogP contribution in [0.25, 0.3) is 0 Å². The third-order valence-corrected chi connectivity index (χ3v) is 6.70. The fraction of sp³-hybridized carbons (Fsp3) is 0.190. The molecule has 0 spiro atoms. The molecule has 1 aliphatic heterocycles. The van der Waals surface area contributed by atoms with Gasteiger partial charge in [-0.1, -0.05) is 47.6 Å². The summed E-state index contributed by atoms with van der Waals surface area (Å²) < 4.78 is 2.27. The van der Waals surface area contributed by atoms with Crippen LogP contribution in [0.4, 0.5) is 5.95 Å². The highest BCUT2D eigenvalue weighted by Gasteiger charge is 2.33. The number of nitrogens with one attached hydrogen (secondary N) is 1. The Balaban J connectivity index is 1.72. The molecule has 2 aromatic carbocycles. The number of halogens is 2. The second-order valence-corrected chi connectivity index (χ2v) is 9.08. The maximum absolute atomic E-state index is 12.5. The number of ketones is 1. The van der Waals surface area contributed by atoms with Crippen molar-refractivity contribution in [3.05, 3.63) is 74.4 Å². The van der Waals surface area contributed by atoms with Gasteiger partial charge in [0, 0.05) is 22.0 Å². The summed E-state index contributed by atoms with van der Waals surface area (Å²) in [6.45, 7) is 3.39. The zero-order valence-corrected chi connectivity index (χ0v) is 19.3. The molecule has 0 bridgehead atoms. The number of thioether (sulfide) groups is 1. The highest BCUT2D eigenvalue weighted by Crippen LogP contribution is 2.39. The van der Waals surface area contributed by atoms with Crippen LogP contribution in [-0.4, -0.2) is 25.7 Å². The zero-order valence-electron chi connectivity index (χ0n) is 16.2. The molecule has 0 amide bonds. The minimum absolute atomic E-state index is 0.0550. The van der Waals surface area contributed by atoms with E-state index in [-0.39, 0.29) is 11.5 Å². The van der Waals surface area contributed by atoms with Crippen LogP contribution in [0.1, 0.15) is 31.0 Å². The standard InChI is InChI=1S/C21H18BrClN4O2S/c1-11-18(12(2)28)19(13-7-8-17(29)15(22)9-13)27-20(24-11)25-21(26-27)30-10-14-5-3-4-6-16(14)23/h3-9,19,29H,10H2,1-2H3,(H,24,25,26). The normalized spacial score (nSPS) is 15.7. The lowest BCUT2D eigenvalue weighted by Gasteiger charge is -2.28. The SMILES string of the molecule is CC(=O)C1=C(C)Nc2nc(SCc3ccccc3Cl)nn2C1c1ccc(O)c(Br)c1. The van der Waals surface area contributed by atoms with Crippen LogP contribution in [-0.2, 0) is 10.5 Å². The van der Waals surface area contributed by atoms with E-state index >= 15 is 0 Å². The molecule has 6 nitrogen and oxygen atoms in total. The number of allylic oxidation sites excluding steroid dienone is 2. The minimum Gasteiger partial charge on any atom is -0.507 e. The second-order valence-electron chi connectivity index (χ2n) is 6.88. The van der Waals surface area contributed by atoms with Crippen molar-refractivity contribution in [1.82, 2.24) is 14.8 Å². The monoisotopic (exact) mass is 504 g/mol. The number of fused-ring (bicyclic) bond motifs is 1. The van der Waals surface area contributed by atoms with Gasteiger partial charge >= 0.3 is 0 Å². The van der Waals surface area contributed by atoms with Crippen LogP contribution in [0.2, 0.25) is 5.02 Å². The summed E-state index contributed by atoms with van der Waals surface area (Å²) in [4.78, 5) is 17.1. The molecule has 2 N–H and O–H groups in total. The third kappa shape index (κ3) is 3.99. The first-order chi connectivity index (χ1) is 14.3. The topological polar surface area (TPSA) is 80.0 Å². The molecule has 1 atom stereocenters. The Morgan fingerprint density at radius 2 is 2.10 bits per heavy atom. The smallest absolute Gasteiger partial charge is 0.227 e. The molecule has 1 aromatic heterocycles. The molecule has 9 heteroatoms. The number of phenols is 1. The highest BCUT2D eigenvalue weighted by atomic mass is 79.9. The van der Waals surface area contributed by atoms with Crippen molar-refractivity contribution in [2.75, 3.05) is 5.32 Å². The van der Waals surface area contributed by atoms with Gasteiger partial charge in [-0.25, -0.2) is 4.68 Å². The summed E-state index contributed by atoms with van der Waals surface area (Å²) in [7, 11) is 0. The van der Waals surface area contributed by atoms with Crippen molar-refractivity contribution >= 4 is 51.0 Å². The fourth-order valence-corrected chi connectivity index (χ4v) is 4.92. The molecule has 1 aliphatic rings. The Bertz CT molecular complexity index is 1180. The Hall–Kier alpha value is -2.29. The fourth-order valence-electron chi connectivity index (χ4n) is 3.41. The summed E-state index contributed by atoms with van der Waals surface area (Å²) in [6, 6.07) is 12.4. The summed E-state index contributed by atoms with van der Waals surface area (Å²) in [6.07, 6.45) is 0. The average Bonchev–Trinajstić information content (AvgIpc) is 3.10. The first-order valence-electron chi connectivity index (χ1n) is 9.15. The number of carbonyl (C=O) groups excluding carboxylic acids is 1. The van der Waals surface area contributed by atoms with Crippen molar-refractivity contribution in [2.24, 2.45) is 0 Å². The summed E-state index contributed by atoms with van der Waals surface area (Å²) in [5, 5.41) is 19.0. The van der Waals surface area contributed by atoms with Gasteiger partial charge in [0.25, 0.3) is 0 Å². The van der Waals surface area contributed by atoms with E-state index in [0.717, 1.165) is 16.8 Å². The lowest BCUT2D eigenvalue weighted by molar-refractivity contribution is -0.114. The van der Waals surface area contributed by atoms with Crippen molar-refractivity contribution in [2.45, 2.75) is 30.8 Å². The van der Waals surface area contributed by atoms with Crippen molar-refractivity contribution in [3.63, 3.8) is 0 Å². The van der Waals surface area contributed by atoms with Gasteiger partial charge in [0.2, 0.25) is 11.1 Å². The van der Waals surface area contributed by atoms with E-state index in [9.17, 15) is 9.90 Å². The molecule has 30 heavy (non-hydrogen) atoms. The number of hydrogen-bond acceptors (Lipinski definition) is 6. The molecular weight excluding hydrogens is 488 g/mol. The number of Topliss-reactive ketones (excluding diaryl/α,β-unsaturated/α-hetero) is 1. The number of aromatic hydroxyl groups is 1. The van der Waals surface area contributed by atoms with Gasteiger partial charge in [-0.15, -0.1) is 5.10 Å². The first kappa shape index (κ1) is 21.0. The molecule has 0 saturated heterocycles. The average molecular weight is 506 g/mol. The van der Waals surface area contributed by atoms with Crippen LogP contribution in [0, 0.1) is 0 Å². The lowest BCUT2D eigenvalue weighted by atomic mass is 9.93. The molecule has 0 radical (unpaired) electrons. The predicted octanol–water partition coefficient (Wildman–Crippen LogP) is 5.57. The third-order valence-electron chi connectivity index (χ3n) is 4.81. The Labute approximate surface area is 191 Å². The Kier molecular flexibility index (Phi) is 5.90. The molecule has 154 valence electrons. The number of aromatic nitrogens is 3. The van der Waals surface area contributed by atoms with Gasteiger partial charge < -0.3 is 10.4 Å². The summed E-state index contributed by atoms with van der Waals surface area (Å²) in [5.41, 5.74) is 3.16. The van der Waals surface area contributed by atoms with Gasteiger partial charge in [0.05, 0.1) is 4.47 Å². The maximum atomic E-state index is 12.5. The number of nitrogens with zero attached hydrogens (tertiary/aromatic N) is 3. The van der Waals surface area contributed by atoms with Crippen LogP contribution in [0.3, 0.4) is 0 Å². The Morgan fingerprint density at radius 3 is 2.80 bits per heavy atom. The van der Waals surface area contributed by atoms with Crippen LogP contribution < -0.4 is 5.32 Å². The van der Waals surface area contributed by atoms with Crippen molar-refractivity contribution < 1.29 is 9.90 Å². The maximum Gasteiger partial charge on any atom is 0.227 e. The number of benzene rings is 2. The molecule has 0 fully saturated rings. The molecule has 1 unspecified atom stereocenters. The van der Waals surface area contributed by atoms with Crippen LogP contribution in [0.5, 0.6) is 5.75 Å². The van der Waals surface area contributed by atoms with E-state index in [4.69, 9.17) is 11.6 Å². The molecule has 0 aliphatic carbocycles. The number of phenolic OH excluding ortho intramolecular Hbond substituents is 1. The highest BCUT2D eigenvalue weighted by molar-refractivity contribution is 9.10. The van der Waals surface area contributed by atoms with E-state index in [1.807, 2.05) is 31.2 Å². The van der Waals surface area contributed by atoms with Gasteiger partial charge in [0.1, 0.15) is 11.8 Å². The van der Waals surface area contributed by atoms with Gasteiger partial charge in [0.15, 0.2) is 5.78 Å². The molecule has 0 saturated carbocycles. The molecular formula is C21H18BrClN4O2S. The van der Waals surface area contributed by atoms with E-state index in [2.05, 4.69) is 31.3 Å². The quantitative estimate of drug-likeness (QED) is 0.441. The largest absolute Gasteiger partial charge is 0.507 e. The van der Waals surface area contributed by atoms with E-state index in [0.29, 0.717) is 31.9 Å². The van der Waals surface area contributed by atoms with E-state index in [1.165, 1.54) is 18.7 Å². The summed E-state index contributed by atoms with van der Waals surface area (Å²) >= 11 is 11.1. The van der Waals surface area contributed by atoms with E-state index in [1.54, 1.807) is 22.9 Å². The second kappa shape index (κ2) is 8.45. The predicted molar refractivity (Wildman–Crippen MR) is 122 cm³/mol. The molecule has 3 aromatic rings. The number of rotatable bonds is 5. The number of anilines is 1. The van der Waals surface area contributed by atoms with Crippen LogP contribution >= 0.6 is 39.3 Å². The van der Waals surface area contributed by atoms with Gasteiger partial charge in [-0.3, -0.25) is 4.79 Å². The van der Waals surface area contributed by atoms with E-state index < -0.39 is 6.04 Å². The van der Waals surface area contributed by atoms with Gasteiger partial charge in [-0.2, -0.15) is 4.98 Å². The first-order valence-corrected chi connectivity index (χ1v) is 11.3.